The lowest BCUT2D eigenvalue weighted by Crippen LogP contribution is -2.53. The lowest BCUT2D eigenvalue weighted by atomic mass is 9.85. The van der Waals surface area contributed by atoms with Gasteiger partial charge in [-0.1, -0.05) is 39.5 Å². The Balaban J connectivity index is 1.75. The molecule has 1 N–H and O–H groups in total. The maximum absolute atomic E-state index is 13.2. The number of amides is 2. The van der Waals surface area contributed by atoms with Gasteiger partial charge in [0, 0.05) is 11.3 Å². The summed E-state index contributed by atoms with van der Waals surface area (Å²) in [6, 6.07) is 5.91. The van der Waals surface area contributed by atoms with Crippen LogP contribution in [0.15, 0.2) is 30.5 Å². The zero-order valence-corrected chi connectivity index (χ0v) is 14.6. The Morgan fingerprint density at radius 3 is 2.54 bits per heavy atom. The fourth-order valence-corrected chi connectivity index (χ4v) is 4.12. The van der Waals surface area contributed by atoms with Crippen molar-refractivity contribution in [2.75, 3.05) is 0 Å². The highest BCUT2D eigenvalue weighted by atomic mass is 16.2. The maximum atomic E-state index is 13.2. The van der Waals surface area contributed by atoms with E-state index in [9.17, 15) is 9.59 Å². The second kappa shape index (κ2) is 4.71. The second-order valence-corrected chi connectivity index (χ2v) is 8.36. The molecule has 4 nitrogen and oxygen atoms in total. The smallest absolute Gasteiger partial charge is 0.255 e. The molecule has 1 atom stereocenters. The molecule has 2 amide bonds. The lowest BCUT2D eigenvalue weighted by Gasteiger charge is -2.35. The Bertz CT molecular complexity index is 768. The van der Waals surface area contributed by atoms with E-state index >= 15 is 0 Å². The monoisotopic (exact) mass is 324 g/mol. The topological polar surface area (TPSA) is 49.4 Å². The van der Waals surface area contributed by atoms with Gasteiger partial charge < -0.3 is 10.2 Å². The van der Waals surface area contributed by atoms with Gasteiger partial charge >= 0.3 is 0 Å². The highest BCUT2D eigenvalue weighted by Crippen LogP contribution is 2.58. The number of carbonyl (C=O) groups excluding carboxylic acids is 2. The minimum absolute atomic E-state index is 0.000596. The molecule has 1 aromatic carbocycles. The quantitative estimate of drug-likeness (QED) is 0.862. The number of carbonyl (C=O) groups is 2. The van der Waals surface area contributed by atoms with E-state index in [-0.39, 0.29) is 28.8 Å². The number of allylic oxidation sites excluding steroid dienone is 1. The van der Waals surface area contributed by atoms with Gasteiger partial charge in [-0.3, -0.25) is 9.59 Å². The molecule has 4 rings (SSSR count). The summed E-state index contributed by atoms with van der Waals surface area (Å²) in [7, 11) is 0. The van der Waals surface area contributed by atoms with Crippen LogP contribution in [0.25, 0.3) is 0 Å². The van der Waals surface area contributed by atoms with Crippen molar-refractivity contribution in [1.29, 1.82) is 0 Å². The van der Waals surface area contributed by atoms with Crippen molar-refractivity contribution in [1.82, 2.24) is 10.2 Å². The predicted molar refractivity (Wildman–Crippen MR) is 92.5 cm³/mol. The fourth-order valence-electron chi connectivity index (χ4n) is 4.12. The molecule has 24 heavy (non-hydrogen) atoms. The first-order valence-electron chi connectivity index (χ1n) is 8.71. The SMILES string of the molecule is C=C1CCC(N2C(=O)c3cc(C(C)(C)C)ccc3C23CC3)C(=O)N1. The molecule has 3 aliphatic rings. The van der Waals surface area contributed by atoms with Gasteiger partial charge in [-0.25, -0.2) is 0 Å². The molecule has 0 radical (unpaired) electrons. The standard InChI is InChI=1S/C20H24N2O2/c1-12-5-8-16(17(23)21-12)22-18(24)14-11-13(19(2,3)4)6-7-15(14)20(22)9-10-20/h6-7,11,16H,1,5,8-10H2,2-4H3,(H,21,23). The zero-order valence-electron chi connectivity index (χ0n) is 14.6. The average Bonchev–Trinajstić information content (AvgIpc) is 3.25. The maximum Gasteiger partial charge on any atom is 0.255 e. The van der Waals surface area contributed by atoms with Crippen LogP contribution in [0.1, 0.15) is 67.9 Å². The molecule has 2 fully saturated rings. The summed E-state index contributed by atoms with van der Waals surface area (Å²) < 4.78 is 0. The Labute approximate surface area is 142 Å². The number of rotatable bonds is 1. The molecule has 1 saturated heterocycles. The van der Waals surface area contributed by atoms with Gasteiger partial charge in [-0.2, -0.15) is 0 Å². The summed E-state index contributed by atoms with van der Waals surface area (Å²) in [5.41, 5.74) is 3.56. The number of fused-ring (bicyclic) bond motifs is 2. The summed E-state index contributed by atoms with van der Waals surface area (Å²) in [6.45, 7) is 10.3. The van der Waals surface area contributed by atoms with E-state index in [1.54, 1.807) is 0 Å². The van der Waals surface area contributed by atoms with Crippen molar-refractivity contribution in [3.63, 3.8) is 0 Å². The molecule has 1 unspecified atom stereocenters. The van der Waals surface area contributed by atoms with Gasteiger partial charge in [-0.05, 0) is 48.3 Å². The van der Waals surface area contributed by atoms with Crippen LogP contribution in [0.4, 0.5) is 0 Å². The van der Waals surface area contributed by atoms with E-state index in [1.807, 2.05) is 11.0 Å². The third kappa shape index (κ3) is 2.05. The van der Waals surface area contributed by atoms with Gasteiger partial charge in [0.25, 0.3) is 5.91 Å². The molecule has 0 bridgehead atoms. The Hall–Kier alpha value is -2.10. The van der Waals surface area contributed by atoms with Crippen LogP contribution in [-0.2, 0) is 15.7 Å². The summed E-state index contributed by atoms with van der Waals surface area (Å²) >= 11 is 0. The number of nitrogens with zero attached hydrogens (tertiary/aromatic N) is 1. The summed E-state index contributed by atoms with van der Waals surface area (Å²) in [5, 5.41) is 2.83. The molecule has 0 aromatic heterocycles. The van der Waals surface area contributed by atoms with E-state index in [0.29, 0.717) is 6.42 Å². The molecule has 1 aliphatic carbocycles. The average molecular weight is 324 g/mol. The third-order valence-corrected chi connectivity index (χ3v) is 5.65. The molecule has 2 heterocycles. The molecule has 126 valence electrons. The molecule has 2 aliphatic heterocycles. The van der Waals surface area contributed by atoms with Crippen LogP contribution < -0.4 is 5.32 Å². The van der Waals surface area contributed by atoms with Crippen molar-refractivity contribution >= 4 is 11.8 Å². The first kappa shape index (κ1) is 15.4. The van der Waals surface area contributed by atoms with Crippen LogP contribution in [0, 0.1) is 0 Å². The minimum Gasteiger partial charge on any atom is -0.329 e. The van der Waals surface area contributed by atoms with Crippen molar-refractivity contribution in [3.8, 4) is 0 Å². The van der Waals surface area contributed by atoms with Gasteiger partial charge in [0.15, 0.2) is 0 Å². The van der Waals surface area contributed by atoms with Crippen LogP contribution in [0.3, 0.4) is 0 Å². The first-order valence-corrected chi connectivity index (χ1v) is 8.71. The van der Waals surface area contributed by atoms with Gasteiger partial charge in [0.2, 0.25) is 5.91 Å². The van der Waals surface area contributed by atoms with E-state index in [2.05, 4.69) is 44.8 Å². The molecule has 4 heteroatoms. The van der Waals surface area contributed by atoms with Crippen LogP contribution >= 0.6 is 0 Å². The predicted octanol–water partition coefficient (Wildman–Crippen LogP) is 3.22. The van der Waals surface area contributed by atoms with Crippen molar-refractivity contribution in [3.05, 3.63) is 47.2 Å². The van der Waals surface area contributed by atoms with E-state index in [0.717, 1.165) is 41.6 Å². The summed E-state index contributed by atoms with van der Waals surface area (Å²) in [6.07, 6.45) is 3.30. The fraction of sp³-hybridized carbons (Fsp3) is 0.500. The highest BCUT2D eigenvalue weighted by molar-refractivity contribution is 6.03. The Morgan fingerprint density at radius 1 is 1.25 bits per heavy atom. The number of benzene rings is 1. The zero-order chi connectivity index (χ0) is 17.3. The van der Waals surface area contributed by atoms with E-state index in [1.165, 1.54) is 0 Å². The van der Waals surface area contributed by atoms with Crippen molar-refractivity contribution in [2.24, 2.45) is 0 Å². The van der Waals surface area contributed by atoms with Gasteiger partial charge in [0.05, 0.1) is 5.54 Å². The molecule has 1 aromatic rings. The van der Waals surface area contributed by atoms with Gasteiger partial charge in [0.1, 0.15) is 6.04 Å². The van der Waals surface area contributed by atoms with E-state index < -0.39 is 0 Å². The summed E-state index contributed by atoms with van der Waals surface area (Å²) in [5.74, 6) is -0.0732. The third-order valence-electron chi connectivity index (χ3n) is 5.65. The first-order chi connectivity index (χ1) is 11.2. The largest absolute Gasteiger partial charge is 0.329 e. The highest BCUT2D eigenvalue weighted by Gasteiger charge is 2.61. The number of hydrogen-bond donors (Lipinski definition) is 1. The van der Waals surface area contributed by atoms with Crippen LogP contribution in [0.2, 0.25) is 0 Å². The number of nitrogens with one attached hydrogen (secondary N) is 1. The molecule has 1 saturated carbocycles. The van der Waals surface area contributed by atoms with Crippen molar-refractivity contribution < 1.29 is 9.59 Å². The van der Waals surface area contributed by atoms with E-state index in [4.69, 9.17) is 0 Å². The van der Waals surface area contributed by atoms with Crippen LogP contribution in [-0.4, -0.2) is 22.8 Å². The Morgan fingerprint density at radius 2 is 1.96 bits per heavy atom. The normalized spacial score (nSPS) is 25.0. The number of hydrogen-bond acceptors (Lipinski definition) is 2. The molecular formula is C20H24N2O2. The van der Waals surface area contributed by atoms with Gasteiger partial charge in [-0.15, -0.1) is 0 Å². The molecular weight excluding hydrogens is 300 g/mol. The second-order valence-electron chi connectivity index (χ2n) is 8.36. The minimum atomic E-state index is -0.379. The Kier molecular flexibility index (Phi) is 3.03. The van der Waals surface area contributed by atoms with Crippen molar-refractivity contribution in [2.45, 2.75) is 63.5 Å². The molecule has 1 spiro atoms. The van der Waals surface area contributed by atoms with Crippen LogP contribution in [0.5, 0.6) is 0 Å². The number of piperidine rings is 1. The summed E-state index contributed by atoms with van der Waals surface area (Å²) in [4.78, 5) is 27.5. The lowest BCUT2D eigenvalue weighted by molar-refractivity contribution is -0.127.